The second-order valence-corrected chi connectivity index (χ2v) is 7.15. The maximum Gasteiger partial charge on any atom is 0.253 e. The first-order valence-corrected chi connectivity index (χ1v) is 9.62. The Morgan fingerprint density at radius 1 is 1.07 bits per heavy atom. The van der Waals surface area contributed by atoms with Crippen molar-refractivity contribution in [1.29, 1.82) is 0 Å². The van der Waals surface area contributed by atoms with Crippen LogP contribution in [0.3, 0.4) is 0 Å². The van der Waals surface area contributed by atoms with Crippen LogP contribution in [0.1, 0.15) is 35.7 Å². The molecule has 0 aliphatic carbocycles. The third-order valence-corrected chi connectivity index (χ3v) is 4.99. The van der Waals surface area contributed by atoms with Gasteiger partial charge in [0, 0.05) is 38.0 Å². The number of anilines is 1. The van der Waals surface area contributed by atoms with Crippen molar-refractivity contribution in [2.45, 2.75) is 26.3 Å². The fraction of sp³-hybridized carbons (Fsp3) is 0.318. The van der Waals surface area contributed by atoms with E-state index in [0.29, 0.717) is 38.0 Å². The highest BCUT2D eigenvalue weighted by molar-refractivity contribution is 5.97. The van der Waals surface area contributed by atoms with E-state index in [0.717, 1.165) is 5.56 Å². The van der Waals surface area contributed by atoms with Gasteiger partial charge in [0.1, 0.15) is 5.82 Å². The Morgan fingerprint density at radius 3 is 2.41 bits per heavy atom. The van der Waals surface area contributed by atoms with Crippen molar-refractivity contribution in [3.8, 4) is 0 Å². The van der Waals surface area contributed by atoms with Crippen LogP contribution in [0.4, 0.5) is 10.1 Å². The standard InChI is InChI=1S/C22H24FN3O3/c1-15(27)25-20-13-18(7-8-19(20)23)22(29)26-11-9-17(10-12-26)21(28)24-14-16-5-3-2-4-6-16/h2-8,13,17H,9-12,14H2,1H3,(H,24,28)(H,25,27). The number of amides is 3. The number of nitrogens with one attached hydrogen (secondary N) is 2. The summed E-state index contributed by atoms with van der Waals surface area (Å²) in [5.41, 5.74) is 1.33. The number of carbonyl (C=O) groups is 3. The minimum Gasteiger partial charge on any atom is -0.352 e. The highest BCUT2D eigenvalue weighted by Gasteiger charge is 2.28. The van der Waals surface area contributed by atoms with Gasteiger partial charge in [0.25, 0.3) is 5.91 Å². The number of likely N-dealkylation sites (tertiary alicyclic amines) is 1. The van der Waals surface area contributed by atoms with Gasteiger partial charge in [0.2, 0.25) is 11.8 Å². The molecule has 7 heteroatoms. The molecule has 0 radical (unpaired) electrons. The van der Waals surface area contributed by atoms with Crippen LogP contribution in [0.25, 0.3) is 0 Å². The fourth-order valence-corrected chi connectivity index (χ4v) is 3.40. The smallest absolute Gasteiger partial charge is 0.253 e. The van der Waals surface area contributed by atoms with E-state index >= 15 is 0 Å². The van der Waals surface area contributed by atoms with Crippen LogP contribution >= 0.6 is 0 Å². The molecule has 0 spiro atoms. The number of hydrogen-bond acceptors (Lipinski definition) is 3. The number of piperidine rings is 1. The van der Waals surface area contributed by atoms with Crippen LogP contribution in [0.5, 0.6) is 0 Å². The van der Waals surface area contributed by atoms with Gasteiger partial charge in [-0.2, -0.15) is 0 Å². The summed E-state index contributed by atoms with van der Waals surface area (Å²) in [6, 6.07) is 13.6. The Hall–Kier alpha value is -3.22. The second-order valence-electron chi connectivity index (χ2n) is 7.15. The first kappa shape index (κ1) is 20.5. The minimum atomic E-state index is -0.592. The van der Waals surface area contributed by atoms with Gasteiger partial charge in [-0.1, -0.05) is 30.3 Å². The lowest BCUT2D eigenvalue weighted by molar-refractivity contribution is -0.126. The molecule has 1 heterocycles. The van der Waals surface area contributed by atoms with E-state index in [9.17, 15) is 18.8 Å². The number of rotatable bonds is 5. The van der Waals surface area contributed by atoms with Crippen LogP contribution in [-0.2, 0) is 16.1 Å². The quantitative estimate of drug-likeness (QED) is 0.814. The Kier molecular flexibility index (Phi) is 6.59. The summed E-state index contributed by atoms with van der Waals surface area (Å²) in [6.45, 7) is 2.67. The molecule has 2 N–H and O–H groups in total. The Balaban J connectivity index is 1.54. The lowest BCUT2D eigenvalue weighted by Gasteiger charge is -2.31. The van der Waals surface area contributed by atoms with Gasteiger partial charge in [-0.05, 0) is 36.6 Å². The van der Waals surface area contributed by atoms with Crippen molar-refractivity contribution >= 4 is 23.4 Å². The van der Waals surface area contributed by atoms with Crippen molar-refractivity contribution < 1.29 is 18.8 Å². The van der Waals surface area contributed by atoms with Gasteiger partial charge in [0.15, 0.2) is 0 Å². The zero-order valence-electron chi connectivity index (χ0n) is 16.3. The molecular weight excluding hydrogens is 373 g/mol. The molecule has 6 nitrogen and oxygen atoms in total. The van der Waals surface area contributed by atoms with E-state index in [-0.39, 0.29) is 23.4 Å². The molecule has 1 aliphatic heterocycles. The first-order chi connectivity index (χ1) is 13.9. The predicted octanol–water partition coefficient (Wildman–Crippen LogP) is 2.95. The molecule has 1 fully saturated rings. The number of nitrogens with zero attached hydrogens (tertiary/aromatic N) is 1. The fourth-order valence-electron chi connectivity index (χ4n) is 3.40. The van der Waals surface area contributed by atoms with E-state index in [1.807, 2.05) is 30.3 Å². The van der Waals surface area contributed by atoms with Gasteiger partial charge in [0.05, 0.1) is 5.69 Å². The number of hydrogen-bond donors (Lipinski definition) is 2. The summed E-state index contributed by atoms with van der Waals surface area (Å²) in [5.74, 6) is -1.37. The van der Waals surface area contributed by atoms with Crippen LogP contribution < -0.4 is 10.6 Å². The molecule has 2 aromatic rings. The summed E-state index contributed by atoms with van der Waals surface area (Å²) < 4.78 is 13.8. The topological polar surface area (TPSA) is 78.5 Å². The first-order valence-electron chi connectivity index (χ1n) is 9.62. The van der Waals surface area contributed by atoms with Crippen molar-refractivity contribution in [3.05, 3.63) is 65.5 Å². The predicted molar refractivity (Wildman–Crippen MR) is 108 cm³/mol. The van der Waals surface area contributed by atoms with Crippen molar-refractivity contribution in [1.82, 2.24) is 10.2 Å². The lowest BCUT2D eigenvalue weighted by atomic mass is 9.95. The molecule has 2 aromatic carbocycles. The van der Waals surface area contributed by atoms with Gasteiger partial charge in [-0.15, -0.1) is 0 Å². The van der Waals surface area contributed by atoms with Gasteiger partial charge < -0.3 is 15.5 Å². The average molecular weight is 397 g/mol. The van der Waals surface area contributed by atoms with E-state index in [1.54, 1.807) is 4.90 Å². The van der Waals surface area contributed by atoms with Crippen molar-refractivity contribution in [2.24, 2.45) is 5.92 Å². The second kappa shape index (κ2) is 9.32. The van der Waals surface area contributed by atoms with Crippen molar-refractivity contribution in [2.75, 3.05) is 18.4 Å². The Bertz CT molecular complexity index is 893. The SMILES string of the molecule is CC(=O)Nc1cc(C(=O)N2CCC(C(=O)NCc3ccccc3)CC2)ccc1F. The Labute approximate surface area is 169 Å². The van der Waals surface area contributed by atoms with Crippen LogP contribution in [-0.4, -0.2) is 35.7 Å². The molecule has 1 saturated heterocycles. The van der Waals surface area contributed by atoms with Crippen LogP contribution in [0, 0.1) is 11.7 Å². The zero-order valence-corrected chi connectivity index (χ0v) is 16.3. The lowest BCUT2D eigenvalue weighted by Crippen LogP contribution is -2.43. The average Bonchev–Trinajstić information content (AvgIpc) is 2.73. The molecule has 29 heavy (non-hydrogen) atoms. The zero-order chi connectivity index (χ0) is 20.8. The molecule has 3 amide bonds. The van der Waals surface area contributed by atoms with Gasteiger partial charge >= 0.3 is 0 Å². The molecule has 3 rings (SSSR count). The third kappa shape index (κ3) is 5.40. The summed E-state index contributed by atoms with van der Waals surface area (Å²) in [6.07, 6.45) is 1.15. The highest BCUT2D eigenvalue weighted by atomic mass is 19.1. The molecule has 0 atom stereocenters. The van der Waals surface area contributed by atoms with Gasteiger partial charge in [-0.3, -0.25) is 14.4 Å². The maximum absolute atomic E-state index is 13.8. The van der Waals surface area contributed by atoms with Crippen LogP contribution in [0.15, 0.2) is 48.5 Å². The maximum atomic E-state index is 13.8. The van der Waals surface area contributed by atoms with E-state index in [4.69, 9.17) is 0 Å². The number of benzene rings is 2. The largest absolute Gasteiger partial charge is 0.352 e. The summed E-state index contributed by atoms with van der Waals surface area (Å²) in [5, 5.41) is 5.34. The summed E-state index contributed by atoms with van der Waals surface area (Å²) in [7, 11) is 0. The molecule has 0 unspecified atom stereocenters. The molecule has 0 saturated carbocycles. The van der Waals surface area contributed by atoms with Crippen molar-refractivity contribution in [3.63, 3.8) is 0 Å². The molecular formula is C22H24FN3O3. The monoisotopic (exact) mass is 397 g/mol. The van der Waals surface area contributed by atoms with E-state index in [1.165, 1.54) is 25.1 Å². The summed E-state index contributed by atoms with van der Waals surface area (Å²) >= 11 is 0. The molecule has 0 aromatic heterocycles. The number of carbonyl (C=O) groups excluding carboxylic acids is 3. The molecule has 152 valence electrons. The van der Waals surface area contributed by atoms with Crippen LogP contribution in [0.2, 0.25) is 0 Å². The normalized spacial score (nSPS) is 14.3. The summed E-state index contributed by atoms with van der Waals surface area (Å²) in [4.78, 5) is 38.0. The number of halogens is 1. The van der Waals surface area contributed by atoms with E-state index in [2.05, 4.69) is 10.6 Å². The molecule has 0 bridgehead atoms. The minimum absolute atomic E-state index is 0.00400. The highest BCUT2D eigenvalue weighted by Crippen LogP contribution is 2.22. The third-order valence-electron chi connectivity index (χ3n) is 4.99. The van der Waals surface area contributed by atoms with Gasteiger partial charge in [-0.25, -0.2) is 4.39 Å². The Morgan fingerprint density at radius 2 is 1.76 bits per heavy atom. The van der Waals surface area contributed by atoms with E-state index < -0.39 is 11.7 Å². The molecule has 1 aliphatic rings.